The highest BCUT2D eigenvalue weighted by molar-refractivity contribution is 5.76. The number of hydrogen-bond acceptors (Lipinski definition) is 4. The number of nitrogens with two attached hydrogens (primary N) is 1. The number of nitrogens with one attached hydrogen (secondary N) is 1. The van der Waals surface area contributed by atoms with Gasteiger partial charge in [-0.1, -0.05) is 18.2 Å². The van der Waals surface area contributed by atoms with Gasteiger partial charge in [0.2, 0.25) is 0 Å². The fourth-order valence-corrected chi connectivity index (χ4v) is 0.942. The average molecular weight is 210 g/mol. The molecule has 0 fully saturated rings. The van der Waals surface area contributed by atoms with Crippen molar-refractivity contribution in [2.24, 2.45) is 5.84 Å². The number of amides is 1. The summed E-state index contributed by atoms with van der Waals surface area (Å²) in [6, 6.07) is 9.39. The van der Waals surface area contributed by atoms with E-state index >= 15 is 0 Å². The number of rotatable bonds is 6. The summed E-state index contributed by atoms with van der Waals surface area (Å²) in [5.74, 6) is 5.30. The van der Waals surface area contributed by atoms with Crippen LogP contribution in [0.2, 0.25) is 0 Å². The summed E-state index contributed by atoms with van der Waals surface area (Å²) < 4.78 is 10.3. The molecule has 0 aliphatic rings. The molecule has 82 valence electrons. The van der Waals surface area contributed by atoms with E-state index < -0.39 is 0 Å². The molecule has 1 aromatic rings. The van der Waals surface area contributed by atoms with Gasteiger partial charge >= 0.3 is 0 Å². The molecule has 0 saturated heterocycles. The molecule has 5 heteroatoms. The lowest BCUT2D eigenvalue weighted by molar-refractivity contribution is -0.125. The Morgan fingerprint density at radius 3 is 2.67 bits per heavy atom. The first kappa shape index (κ1) is 11.5. The molecule has 0 aromatic heterocycles. The molecule has 1 amide bonds. The largest absolute Gasteiger partial charge is 0.491 e. The zero-order valence-corrected chi connectivity index (χ0v) is 8.31. The van der Waals surface area contributed by atoms with Gasteiger partial charge in [-0.15, -0.1) is 0 Å². The van der Waals surface area contributed by atoms with Crippen LogP contribution in [0.5, 0.6) is 5.75 Å². The molecule has 0 heterocycles. The van der Waals surface area contributed by atoms with Gasteiger partial charge in [0, 0.05) is 0 Å². The summed E-state index contributed by atoms with van der Waals surface area (Å²) >= 11 is 0. The SMILES string of the molecule is NNC(=O)COCCOc1ccccc1. The van der Waals surface area contributed by atoms with Crippen LogP contribution < -0.4 is 16.0 Å². The van der Waals surface area contributed by atoms with E-state index in [1.54, 1.807) is 0 Å². The average Bonchev–Trinajstić information content (AvgIpc) is 2.29. The quantitative estimate of drug-likeness (QED) is 0.301. The van der Waals surface area contributed by atoms with Crippen molar-refractivity contribution in [2.75, 3.05) is 19.8 Å². The lowest BCUT2D eigenvalue weighted by Crippen LogP contribution is -2.33. The maximum atomic E-state index is 10.6. The predicted octanol–water partition coefficient (Wildman–Crippen LogP) is 0.0719. The molecule has 0 bridgehead atoms. The minimum atomic E-state index is -0.352. The van der Waals surface area contributed by atoms with E-state index in [1.165, 1.54) is 0 Å². The van der Waals surface area contributed by atoms with Crippen LogP contribution in [0.25, 0.3) is 0 Å². The molecule has 0 unspecified atom stereocenters. The van der Waals surface area contributed by atoms with E-state index in [9.17, 15) is 4.79 Å². The molecule has 0 spiro atoms. The molecular formula is C10H14N2O3. The second-order valence-electron chi connectivity index (χ2n) is 2.78. The van der Waals surface area contributed by atoms with Gasteiger partial charge < -0.3 is 9.47 Å². The molecule has 1 aromatic carbocycles. The standard InChI is InChI=1S/C10H14N2O3/c11-12-10(13)8-14-6-7-15-9-4-2-1-3-5-9/h1-5H,6-8,11H2,(H,12,13). The van der Waals surface area contributed by atoms with Crippen molar-refractivity contribution in [3.8, 4) is 5.75 Å². The van der Waals surface area contributed by atoms with E-state index in [4.69, 9.17) is 15.3 Å². The molecule has 15 heavy (non-hydrogen) atoms. The molecule has 1 rings (SSSR count). The van der Waals surface area contributed by atoms with Crippen LogP contribution in [0.15, 0.2) is 30.3 Å². The molecule has 0 aliphatic carbocycles. The van der Waals surface area contributed by atoms with Gasteiger partial charge in [-0.3, -0.25) is 10.2 Å². The van der Waals surface area contributed by atoms with Crippen molar-refractivity contribution >= 4 is 5.91 Å². The Morgan fingerprint density at radius 1 is 1.27 bits per heavy atom. The Morgan fingerprint density at radius 2 is 2.00 bits per heavy atom. The van der Waals surface area contributed by atoms with Crippen LogP contribution in [0.1, 0.15) is 0 Å². The molecule has 0 radical (unpaired) electrons. The zero-order chi connectivity index (χ0) is 10.9. The van der Waals surface area contributed by atoms with Crippen LogP contribution in [0.4, 0.5) is 0 Å². The smallest absolute Gasteiger partial charge is 0.259 e. The van der Waals surface area contributed by atoms with E-state index in [0.717, 1.165) is 5.75 Å². The van der Waals surface area contributed by atoms with Gasteiger partial charge in [0.1, 0.15) is 19.0 Å². The third-order valence-corrected chi connectivity index (χ3v) is 1.63. The van der Waals surface area contributed by atoms with Crippen LogP contribution in [0.3, 0.4) is 0 Å². The van der Waals surface area contributed by atoms with Crippen LogP contribution >= 0.6 is 0 Å². The molecule has 0 saturated carbocycles. The summed E-state index contributed by atoms with van der Waals surface area (Å²) in [5.41, 5.74) is 1.97. The molecule has 0 aliphatic heterocycles. The fourth-order valence-electron chi connectivity index (χ4n) is 0.942. The highest BCUT2D eigenvalue weighted by Gasteiger charge is 1.97. The van der Waals surface area contributed by atoms with E-state index in [1.807, 2.05) is 35.8 Å². The number of carbonyl (C=O) groups excluding carboxylic acids is 1. The number of hydrazine groups is 1. The maximum absolute atomic E-state index is 10.6. The number of benzene rings is 1. The van der Waals surface area contributed by atoms with Gasteiger partial charge in [0.25, 0.3) is 5.91 Å². The predicted molar refractivity (Wildman–Crippen MR) is 55.1 cm³/mol. The van der Waals surface area contributed by atoms with Gasteiger partial charge in [0.05, 0.1) is 6.61 Å². The lowest BCUT2D eigenvalue weighted by Gasteiger charge is -2.06. The number of hydrogen-bond donors (Lipinski definition) is 2. The topological polar surface area (TPSA) is 73.6 Å². The molecule has 0 atom stereocenters. The highest BCUT2D eigenvalue weighted by atomic mass is 16.5. The van der Waals surface area contributed by atoms with Crippen molar-refractivity contribution in [1.29, 1.82) is 0 Å². The number of para-hydroxylation sites is 1. The van der Waals surface area contributed by atoms with Gasteiger partial charge in [-0.05, 0) is 12.1 Å². The number of carbonyl (C=O) groups is 1. The lowest BCUT2D eigenvalue weighted by atomic mass is 10.3. The van der Waals surface area contributed by atoms with E-state index in [-0.39, 0.29) is 12.5 Å². The van der Waals surface area contributed by atoms with Gasteiger partial charge in [0.15, 0.2) is 0 Å². The van der Waals surface area contributed by atoms with Crippen LogP contribution in [-0.4, -0.2) is 25.7 Å². The summed E-state index contributed by atoms with van der Waals surface area (Å²) in [5, 5.41) is 0. The van der Waals surface area contributed by atoms with Crippen molar-refractivity contribution < 1.29 is 14.3 Å². The summed E-state index contributed by atoms with van der Waals surface area (Å²) in [4.78, 5) is 10.6. The van der Waals surface area contributed by atoms with Crippen molar-refractivity contribution in [2.45, 2.75) is 0 Å². The van der Waals surface area contributed by atoms with Crippen molar-refractivity contribution in [3.05, 3.63) is 30.3 Å². The Labute approximate surface area is 88.1 Å². The van der Waals surface area contributed by atoms with Gasteiger partial charge in [-0.2, -0.15) is 0 Å². The Bertz CT molecular complexity index is 290. The Kier molecular flexibility index (Phi) is 5.21. The molecule has 3 N–H and O–H groups in total. The molecule has 5 nitrogen and oxygen atoms in total. The fraction of sp³-hybridized carbons (Fsp3) is 0.300. The highest BCUT2D eigenvalue weighted by Crippen LogP contribution is 2.07. The summed E-state index contributed by atoms with van der Waals surface area (Å²) in [6.45, 7) is 0.707. The third-order valence-electron chi connectivity index (χ3n) is 1.63. The minimum absolute atomic E-state index is 0.0470. The molecular weight excluding hydrogens is 196 g/mol. The Hall–Kier alpha value is -1.59. The van der Waals surface area contributed by atoms with E-state index in [0.29, 0.717) is 13.2 Å². The normalized spacial score (nSPS) is 9.67. The first-order valence-corrected chi connectivity index (χ1v) is 4.58. The summed E-state index contributed by atoms with van der Waals surface area (Å²) in [6.07, 6.45) is 0. The first-order valence-electron chi connectivity index (χ1n) is 4.58. The third kappa shape index (κ3) is 4.99. The summed E-state index contributed by atoms with van der Waals surface area (Å²) in [7, 11) is 0. The van der Waals surface area contributed by atoms with Crippen LogP contribution in [0, 0.1) is 0 Å². The Balaban J connectivity index is 2.05. The second-order valence-corrected chi connectivity index (χ2v) is 2.78. The minimum Gasteiger partial charge on any atom is -0.491 e. The first-order chi connectivity index (χ1) is 7.33. The number of ether oxygens (including phenoxy) is 2. The van der Waals surface area contributed by atoms with E-state index in [2.05, 4.69) is 0 Å². The van der Waals surface area contributed by atoms with Crippen molar-refractivity contribution in [1.82, 2.24) is 5.43 Å². The zero-order valence-electron chi connectivity index (χ0n) is 8.31. The van der Waals surface area contributed by atoms with Crippen LogP contribution in [-0.2, 0) is 9.53 Å². The monoisotopic (exact) mass is 210 g/mol. The van der Waals surface area contributed by atoms with Gasteiger partial charge in [-0.25, -0.2) is 5.84 Å². The van der Waals surface area contributed by atoms with Crippen molar-refractivity contribution in [3.63, 3.8) is 0 Å². The maximum Gasteiger partial charge on any atom is 0.259 e. The second kappa shape index (κ2) is 6.80.